The highest BCUT2D eigenvalue weighted by atomic mass is 16.4. The molecular formula is C10H21N3O3. The molecular weight excluding hydrogens is 210 g/mol. The van der Waals surface area contributed by atoms with Gasteiger partial charge in [-0.05, 0) is 27.9 Å². The van der Waals surface area contributed by atoms with Gasteiger partial charge in [-0.3, -0.25) is 4.79 Å². The van der Waals surface area contributed by atoms with E-state index in [9.17, 15) is 9.59 Å². The van der Waals surface area contributed by atoms with Crippen molar-refractivity contribution in [2.45, 2.75) is 19.9 Å². The molecule has 0 spiro atoms. The van der Waals surface area contributed by atoms with E-state index in [1.165, 1.54) is 4.90 Å². The lowest BCUT2D eigenvalue weighted by molar-refractivity contribution is -0.138. The summed E-state index contributed by atoms with van der Waals surface area (Å²) in [5, 5.41) is 11.3. The summed E-state index contributed by atoms with van der Waals surface area (Å²) in [6.45, 7) is 4.54. The zero-order chi connectivity index (χ0) is 12.7. The number of nitrogens with one attached hydrogen (secondary N) is 1. The van der Waals surface area contributed by atoms with Crippen molar-refractivity contribution in [2.24, 2.45) is 0 Å². The average Bonchev–Trinajstić information content (AvgIpc) is 2.12. The first-order valence-corrected chi connectivity index (χ1v) is 5.25. The van der Waals surface area contributed by atoms with Crippen LogP contribution in [0.25, 0.3) is 0 Å². The molecule has 0 aromatic rings. The lowest BCUT2D eigenvalue weighted by Gasteiger charge is -2.25. The number of aliphatic carboxylic acids is 1. The van der Waals surface area contributed by atoms with Crippen LogP contribution in [-0.4, -0.2) is 66.7 Å². The minimum atomic E-state index is -1.00. The number of hydrogen-bond acceptors (Lipinski definition) is 3. The third-order valence-corrected chi connectivity index (χ3v) is 2.03. The highest BCUT2D eigenvalue weighted by Gasteiger charge is 2.18. The van der Waals surface area contributed by atoms with Gasteiger partial charge in [0.2, 0.25) is 0 Å². The predicted octanol–water partition coefficient (Wildman–Crippen LogP) is 0.0526. The number of hydrogen-bond donors (Lipinski definition) is 2. The number of nitrogens with zero attached hydrogens (tertiary/aromatic N) is 2. The van der Waals surface area contributed by atoms with Gasteiger partial charge >= 0.3 is 12.0 Å². The van der Waals surface area contributed by atoms with Crippen LogP contribution in [0.2, 0.25) is 0 Å². The molecule has 0 saturated carbocycles. The molecule has 0 aliphatic heterocycles. The summed E-state index contributed by atoms with van der Waals surface area (Å²) in [5.74, 6) is -1.00. The van der Waals surface area contributed by atoms with Crippen molar-refractivity contribution in [3.8, 4) is 0 Å². The van der Waals surface area contributed by atoms with Crippen LogP contribution >= 0.6 is 0 Å². The van der Waals surface area contributed by atoms with Crippen molar-refractivity contribution in [3.05, 3.63) is 0 Å². The minimum absolute atomic E-state index is 0.129. The molecule has 0 rings (SSSR count). The summed E-state index contributed by atoms with van der Waals surface area (Å²) in [5.41, 5.74) is 0. The molecule has 0 saturated heterocycles. The van der Waals surface area contributed by atoms with E-state index in [1.807, 2.05) is 19.0 Å². The van der Waals surface area contributed by atoms with Crippen molar-refractivity contribution in [1.82, 2.24) is 15.1 Å². The van der Waals surface area contributed by atoms with E-state index < -0.39 is 5.97 Å². The number of carbonyl (C=O) groups excluding carboxylic acids is 1. The Morgan fingerprint density at radius 1 is 1.31 bits per heavy atom. The van der Waals surface area contributed by atoms with Crippen LogP contribution in [0.3, 0.4) is 0 Å². The Kier molecular flexibility index (Phi) is 6.48. The Morgan fingerprint density at radius 3 is 2.25 bits per heavy atom. The molecule has 0 bridgehead atoms. The van der Waals surface area contributed by atoms with Gasteiger partial charge in [-0.25, -0.2) is 4.79 Å². The van der Waals surface area contributed by atoms with Gasteiger partial charge in [0.15, 0.2) is 0 Å². The average molecular weight is 231 g/mol. The van der Waals surface area contributed by atoms with Crippen molar-refractivity contribution >= 4 is 12.0 Å². The molecule has 0 aliphatic carbocycles. The van der Waals surface area contributed by atoms with Gasteiger partial charge in [0.25, 0.3) is 0 Å². The summed E-state index contributed by atoms with van der Waals surface area (Å²) >= 11 is 0. The summed E-state index contributed by atoms with van der Waals surface area (Å²) < 4.78 is 0. The molecule has 6 nitrogen and oxygen atoms in total. The molecule has 0 radical (unpaired) electrons. The van der Waals surface area contributed by atoms with Gasteiger partial charge in [0.1, 0.15) is 6.54 Å². The molecule has 0 aliphatic rings. The second-order valence-electron chi connectivity index (χ2n) is 4.15. The second-order valence-corrected chi connectivity index (χ2v) is 4.15. The van der Waals surface area contributed by atoms with Crippen LogP contribution in [0.15, 0.2) is 0 Å². The number of urea groups is 1. The van der Waals surface area contributed by atoms with Gasteiger partial charge < -0.3 is 20.2 Å². The quantitative estimate of drug-likeness (QED) is 0.677. The molecule has 6 heteroatoms. The topological polar surface area (TPSA) is 72.9 Å². The maximum Gasteiger partial charge on any atom is 0.323 e. The predicted molar refractivity (Wildman–Crippen MR) is 61.4 cm³/mol. The van der Waals surface area contributed by atoms with Crippen LogP contribution in [0.5, 0.6) is 0 Å². The zero-order valence-electron chi connectivity index (χ0n) is 10.4. The summed E-state index contributed by atoms with van der Waals surface area (Å²) in [6.07, 6.45) is 0. The van der Waals surface area contributed by atoms with Crippen LogP contribution in [0.1, 0.15) is 13.8 Å². The van der Waals surface area contributed by atoms with Crippen molar-refractivity contribution in [1.29, 1.82) is 0 Å². The monoisotopic (exact) mass is 231 g/mol. The highest BCUT2D eigenvalue weighted by molar-refractivity contribution is 5.80. The molecule has 0 unspecified atom stereocenters. The molecule has 0 heterocycles. The minimum Gasteiger partial charge on any atom is -0.480 e. The standard InChI is InChI=1S/C10H21N3O3/c1-8(2)13(7-9(14)15)10(16)11-5-6-12(3)4/h8H,5-7H2,1-4H3,(H,11,16)(H,14,15). The van der Waals surface area contributed by atoms with Crippen molar-refractivity contribution in [3.63, 3.8) is 0 Å². The fraction of sp³-hybridized carbons (Fsp3) is 0.800. The SMILES string of the molecule is CC(C)N(CC(=O)O)C(=O)NCCN(C)C. The van der Waals surface area contributed by atoms with Gasteiger partial charge in [0, 0.05) is 19.1 Å². The summed E-state index contributed by atoms with van der Waals surface area (Å²) in [6, 6.07) is -0.463. The maximum absolute atomic E-state index is 11.6. The molecule has 2 amide bonds. The Labute approximate surface area is 96.2 Å². The number of carboxylic acids is 1. The van der Waals surface area contributed by atoms with E-state index >= 15 is 0 Å². The Hall–Kier alpha value is -1.30. The highest BCUT2D eigenvalue weighted by Crippen LogP contribution is 1.98. The Morgan fingerprint density at radius 2 is 1.88 bits per heavy atom. The van der Waals surface area contributed by atoms with Crippen LogP contribution < -0.4 is 5.32 Å². The lowest BCUT2D eigenvalue weighted by atomic mass is 10.3. The van der Waals surface area contributed by atoms with E-state index in [0.717, 1.165) is 6.54 Å². The normalized spacial score (nSPS) is 10.6. The molecule has 16 heavy (non-hydrogen) atoms. The smallest absolute Gasteiger partial charge is 0.323 e. The molecule has 94 valence electrons. The van der Waals surface area contributed by atoms with E-state index in [0.29, 0.717) is 6.54 Å². The second kappa shape index (κ2) is 7.05. The molecule has 0 aromatic heterocycles. The first-order valence-electron chi connectivity index (χ1n) is 5.25. The summed E-state index contributed by atoms with van der Waals surface area (Å²) in [4.78, 5) is 25.4. The van der Waals surface area contributed by atoms with Gasteiger partial charge in [-0.2, -0.15) is 0 Å². The molecule has 0 atom stereocenters. The van der Waals surface area contributed by atoms with Gasteiger partial charge in [-0.15, -0.1) is 0 Å². The van der Waals surface area contributed by atoms with Crippen molar-refractivity contribution < 1.29 is 14.7 Å². The van der Waals surface area contributed by atoms with Crippen LogP contribution in [0.4, 0.5) is 4.79 Å². The third kappa shape index (κ3) is 6.23. The molecule has 0 aromatic carbocycles. The number of likely N-dealkylation sites (N-methyl/N-ethyl adjacent to an activating group) is 1. The van der Waals surface area contributed by atoms with E-state index in [1.54, 1.807) is 13.8 Å². The summed E-state index contributed by atoms with van der Waals surface area (Å²) in [7, 11) is 3.81. The third-order valence-electron chi connectivity index (χ3n) is 2.03. The number of carboxylic acid groups (broad SMARTS) is 1. The number of carbonyl (C=O) groups is 2. The first kappa shape index (κ1) is 14.7. The number of rotatable bonds is 6. The largest absolute Gasteiger partial charge is 0.480 e. The molecule has 0 fully saturated rings. The lowest BCUT2D eigenvalue weighted by Crippen LogP contribution is -2.47. The van der Waals surface area contributed by atoms with E-state index in [2.05, 4.69) is 5.32 Å². The number of amides is 2. The van der Waals surface area contributed by atoms with E-state index in [4.69, 9.17) is 5.11 Å². The maximum atomic E-state index is 11.6. The fourth-order valence-electron chi connectivity index (χ4n) is 1.12. The van der Waals surface area contributed by atoms with Crippen LogP contribution in [-0.2, 0) is 4.79 Å². The Balaban J connectivity index is 4.12. The van der Waals surface area contributed by atoms with E-state index in [-0.39, 0.29) is 18.6 Å². The fourth-order valence-corrected chi connectivity index (χ4v) is 1.12. The van der Waals surface area contributed by atoms with Crippen LogP contribution in [0, 0.1) is 0 Å². The van der Waals surface area contributed by atoms with Gasteiger partial charge in [-0.1, -0.05) is 0 Å². The zero-order valence-corrected chi connectivity index (χ0v) is 10.4. The van der Waals surface area contributed by atoms with Crippen molar-refractivity contribution in [2.75, 3.05) is 33.7 Å². The molecule has 2 N–H and O–H groups in total. The van der Waals surface area contributed by atoms with Gasteiger partial charge in [0.05, 0.1) is 0 Å². The Bertz CT molecular complexity index is 241. The first-order chi connectivity index (χ1) is 7.34.